The van der Waals surface area contributed by atoms with Crippen LogP contribution in [0.4, 0.5) is 4.79 Å². The Morgan fingerprint density at radius 3 is 1.83 bits per heavy atom. The summed E-state index contributed by atoms with van der Waals surface area (Å²) in [5, 5.41) is 15.0. The normalized spacial score (nSPS) is 14.5. The van der Waals surface area contributed by atoms with Gasteiger partial charge in [-0.2, -0.15) is 0 Å². The predicted molar refractivity (Wildman–Crippen MR) is 135 cm³/mol. The lowest BCUT2D eigenvalue weighted by Crippen LogP contribution is -2.62. The van der Waals surface area contributed by atoms with E-state index in [1.165, 1.54) is 0 Å². The van der Waals surface area contributed by atoms with E-state index in [4.69, 9.17) is 4.74 Å². The molecule has 2 aromatic rings. The fraction of sp³-hybridized carbons (Fsp3) is 0.464. The van der Waals surface area contributed by atoms with Crippen molar-refractivity contribution in [3.8, 4) is 11.1 Å². The number of carboxylic acids is 1. The third-order valence-corrected chi connectivity index (χ3v) is 7.28. The van der Waals surface area contributed by atoms with Crippen LogP contribution in [0.25, 0.3) is 11.1 Å². The Morgan fingerprint density at radius 2 is 1.37 bits per heavy atom. The number of alkyl carbamates (subject to hydrolysis) is 1. The molecule has 0 unspecified atom stereocenters. The highest BCUT2D eigenvalue weighted by Crippen LogP contribution is 2.44. The Hall–Kier alpha value is -3.35. The van der Waals surface area contributed by atoms with E-state index in [-0.39, 0.29) is 12.5 Å². The molecule has 0 radical (unpaired) electrons. The fourth-order valence-corrected chi connectivity index (χ4v) is 4.29. The van der Waals surface area contributed by atoms with E-state index in [1.807, 2.05) is 36.4 Å². The summed E-state index contributed by atoms with van der Waals surface area (Å²) in [6.45, 7) is 12.2. The zero-order valence-corrected chi connectivity index (χ0v) is 21.6. The lowest BCUT2D eigenvalue weighted by molar-refractivity contribution is -0.147. The molecule has 0 saturated heterocycles. The molecule has 0 bridgehead atoms. The lowest BCUT2D eigenvalue weighted by Gasteiger charge is -2.42. The number of rotatable bonds is 7. The summed E-state index contributed by atoms with van der Waals surface area (Å²) in [6, 6.07) is 15.1. The number of hydrogen-bond acceptors (Lipinski definition) is 4. The number of nitrogens with one attached hydrogen (secondary N) is 2. The van der Waals surface area contributed by atoms with Crippen molar-refractivity contribution in [3.05, 3.63) is 59.7 Å². The van der Waals surface area contributed by atoms with Crippen molar-refractivity contribution < 1.29 is 24.2 Å². The van der Waals surface area contributed by atoms with E-state index >= 15 is 0 Å². The number of carbonyl (C=O) groups excluding carboxylic acids is 2. The first-order chi connectivity index (χ1) is 16.2. The van der Waals surface area contributed by atoms with Crippen molar-refractivity contribution >= 4 is 18.0 Å². The summed E-state index contributed by atoms with van der Waals surface area (Å²) in [5.41, 5.74) is 1.67. The van der Waals surface area contributed by atoms with Crippen LogP contribution in [0.2, 0.25) is 0 Å². The van der Waals surface area contributed by atoms with Gasteiger partial charge >= 0.3 is 12.1 Å². The monoisotopic (exact) mass is 480 g/mol. The Kier molecular flexibility index (Phi) is 7.02. The minimum atomic E-state index is -1.13. The highest BCUT2D eigenvalue weighted by Gasteiger charge is 2.47. The van der Waals surface area contributed by atoms with Gasteiger partial charge in [0.05, 0.1) is 11.0 Å². The van der Waals surface area contributed by atoms with Crippen LogP contribution >= 0.6 is 0 Å². The quantitative estimate of drug-likeness (QED) is 0.520. The van der Waals surface area contributed by atoms with Gasteiger partial charge < -0.3 is 20.5 Å². The summed E-state index contributed by atoms with van der Waals surface area (Å²) < 4.78 is 5.65. The van der Waals surface area contributed by atoms with Crippen LogP contribution in [-0.2, 0) is 14.3 Å². The Labute approximate surface area is 207 Å². The molecule has 0 aromatic heterocycles. The third-order valence-electron chi connectivity index (χ3n) is 7.28. The molecule has 35 heavy (non-hydrogen) atoms. The number of ether oxygens (including phenoxy) is 1. The number of fused-ring (bicyclic) bond motifs is 3. The van der Waals surface area contributed by atoms with Gasteiger partial charge in [-0.25, -0.2) is 9.59 Å². The molecule has 2 amide bonds. The van der Waals surface area contributed by atoms with Gasteiger partial charge in [0.15, 0.2) is 0 Å². The zero-order valence-electron chi connectivity index (χ0n) is 21.6. The lowest BCUT2D eigenvalue weighted by atomic mass is 9.73. The van der Waals surface area contributed by atoms with Crippen molar-refractivity contribution in [1.29, 1.82) is 0 Å². The highest BCUT2D eigenvalue weighted by molar-refractivity contribution is 5.89. The maximum absolute atomic E-state index is 13.1. The summed E-state index contributed by atoms with van der Waals surface area (Å²) in [5.74, 6) is -1.65. The van der Waals surface area contributed by atoms with Crippen molar-refractivity contribution in [3.63, 3.8) is 0 Å². The van der Waals surface area contributed by atoms with Gasteiger partial charge in [-0.3, -0.25) is 4.79 Å². The molecule has 1 aliphatic rings. The first-order valence-electron chi connectivity index (χ1n) is 11.8. The van der Waals surface area contributed by atoms with Crippen LogP contribution in [0.3, 0.4) is 0 Å². The number of amides is 2. The molecular formula is C28H36N2O5. The second kappa shape index (κ2) is 9.36. The van der Waals surface area contributed by atoms with Crippen LogP contribution in [0.15, 0.2) is 48.5 Å². The second-order valence-corrected chi connectivity index (χ2v) is 11.3. The maximum Gasteiger partial charge on any atom is 0.407 e. The van der Waals surface area contributed by atoms with Crippen molar-refractivity contribution in [1.82, 2.24) is 10.6 Å². The SMILES string of the molecule is CC(C)(C)[C@@H](NC(=O)C(C)(C)C(C)(C)NC(=O)OCC1c2ccccc2-c2ccccc21)C(=O)O. The molecule has 0 heterocycles. The molecule has 7 nitrogen and oxygen atoms in total. The van der Waals surface area contributed by atoms with Crippen molar-refractivity contribution in [2.75, 3.05) is 6.61 Å². The molecule has 1 atom stereocenters. The van der Waals surface area contributed by atoms with Gasteiger partial charge in [-0.05, 0) is 55.4 Å². The van der Waals surface area contributed by atoms with E-state index in [1.54, 1.807) is 48.5 Å². The molecule has 0 aliphatic heterocycles. The molecule has 0 spiro atoms. The fourth-order valence-electron chi connectivity index (χ4n) is 4.29. The largest absolute Gasteiger partial charge is 0.480 e. The summed E-state index contributed by atoms with van der Waals surface area (Å²) in [7, 11) is 0. The average Bonchev–Trinajstić information content (AvgIpc) is 3.08. The van der Waals surface area contributed by atoms with E-state index in [9.17, 15) is 19.5 Å². The number of aliphatic carboxylic acids is 1. The Bertz CT molecular complexity index is 1080. The van der Waals surface area contributed by atoms with Crippen LogP contribution in [0.5, 0.6) is 0 Å². The van der Waals surface area contributed by atoms with Gasteiger partial charge in [0.25, 0.3) is 0 Å². The van der Waals surface area contributed by atoms with E-state index in [2.05, 4.69) is 22.8 Å². The van der Waals surface area contributed by atoms with Crippen molar-refractivity contribution in [2.45, 2.75) is 66.0 Å². The number of benzene rings is 2. The van der Waals surface area contributed by atoms with Crippen LogP contribution < -0.4 is 10.6 Å². The van der Waals surface area contributed by atoms with Crippen LogP contribution in [0, 0.1) is 10.8 Å². The second-order valence-electron chi connectivity index (χ2n) is 11.3. The van der Waals surface area contributed by atoms with E-state index in [0.717, 1.165) is 22.3 Å². The highest BCUT2D eigenvalue weighted by atomic mass is 16.5. The molecule has 1 aliphatic carbocycles. The molecule has 0 saturated carbocycles. The molecule has 188 valence electrons. The summed E-state index contributed by atoms with van der Waals surface area (Å²) in [6.07, 6.45) is -0.636. The number of carboxylic acid groups (broad SMARTS) is 1. The molecular weight excluding hydrogens is 444 g/mol. The molecule has 7 heteroatoms. The molecule has 3 rings (SSSR count). The van der Waals surface area contributed by atoms with Crippen LogP contribution in [-0.4, -0.2) is 41.3 Å². The van der Waals surface area contributed by atoms with E-state index in [0.29, 0.717) is 0 Å². The van der Waals surface area contributed by atoms with E-state index < -0.39 is 40.4 Å². The third kappa shape index (κ3) is 5.19. The summed E-state index contributed by atoms with van der Waals surface area (Å²) >= 11 is 0. The summed E-state index contributed by atoms with van der Waals surface area (Å²) in [4.78, 5) is 37.7. The topological polar surface area (TPSA) is 105 Å². The minimum absolute atomic E-state index is 0.0734. The smallest absolute Gasteiger partial charge is 0.407 e. The molecule has 3 N–H and O–H groups in total. The van der Waals surface area contributed by atoms with Crippen LogP contribution in [0.1, 0.15) is 65.5 Å². The standard InChI is InChI=1S/C28H36N2O5/c1-26(2,3)22(23(31)32)29-24(33)27(4,5)28(6,7)30-25(34)35-16-21-19-14-10-8-12-17(19)18-13-9-11-15-20(18)21/h8-15,21-22H,16H2,1-7H3,(H,29,33)(H,30,34)(H,31,32)/t22-/m0/s1. The Balaban J connectivity index is 1.69. The first-order valence-corrected chi connectivity index (χ1v) is 11.8. The van der Waals surface area contributed by atoms with Gasteiger partial charge in [0, 0.05) is 5.92 Å². The average molecular weight is 481 g/mol. The molecule has 2 aromatic carbocycles. The minimum Gasteiger partial charge on any atom is -0.480 e. The van der Waals surface area contributed by atoms with Gasteiger partial charge in [0.1, 0.15) is 12.6 Å². The molecule has 0 fully saturated rings. The van der Waals surface area contributed by atoms with Gasteiger partial charge in [-0.1, -0.05) is 69.3 Å². The maximum atomic E-state index is 13.1. The van der Waals surface area contributed by atoms with Gasteiger partial charge in [-0.15, -0.1) is 0 Å². The first kappa shape index (κ1) is 26.3. The van der Waals surface area contributed by atoms with Crippen molar-refractivity contribution in [2.24, 2.45) is 10.8 Å². The number of carbonyl (C=O) groups is 3. The van der Waals surface area contributed by atoms with Gasteiger partial charge in [0.2, 0.25) is 5.91 Å². The zero-order chi connectivity index (χ0) is 26.2. The Morgan fingerprint density at radius 1 is 0.886 bits per heavy atom. The number of hydrogen-bond donors (Lipinski definition) is 3. The predicted octanol–water partition coefficient (Wildman–Crippen LogP) is 4.95.